The molecule has 2 aromatic rings. The van der Waals surface area contributed by atoms with Crippen LogP contribution >= 0.6 is 22.9 Å². The van der Waals surface area contributed by atoms with Crippen molar-refractivity contribution in [2.24, 2.45) is 4.99 Å². The van der Waals surface area contributed by atoms with Crippen molar-refractivity contribution in [2.45, 2.75) is 38.9 Å². The molecule has 14 heteroatoms. The molecular formula is C28H32ClFN6O5S. The highest BCUT2D eigenvalue weighted by molar-refractivity contribution is 7.11. The predicted octanol–water partition coefficient (Wildman–Crippen LogP) is 3.14. The Hall–Kier alpha value is -3.55. The van der Waals surface area contributed by atoms with E-state index >= 15 is 0 Å². The molecule has 1 aromatic carbocycles. The number of rotatable bonds is 8. The fourth-order valence-electron chi connectivity index (χ4n) is 5.65. The van der Waals surface area contributed by atoms with Gasteiger partial charge in [-0.05, 0) is 26.8 Å². The number of benzene rings is 1. The smallest absolute Gasteiger partial charge is 0.338 e. The van der Waals surface area contributed by atoms with E-state index in [2.05, 4.69) is 10.3 Å². The van der Waals surface area contributed by atoms with E-state index in [1.807, 2.05) is 24.1 Å². The SMILES string of the molecule is CCOC(=O)C1=C(CN2CCN3C(=O)N(CC)C[C@H]3[C@@H]2C(=O)OC)NC(c2nc(C)cs2)=N[C@H]1c1cccc(F)c1Cl. The molecule has 42 heavy (non-hydrogen) atoms. The second-order valence-electron chi connectivity index (χ2n) is 10.1. The molecule has 2 fully saturated rings. The van der Waals surface area contributed by atoms with Gasteiger partial charge in [-0.25, -0.2) is 19.0 Å². The number of piperazine rings is 1. The molecule has 0 unspecified atom stereocenters. The molecule has 2 amide bonds. The quantitative estimate of drug-likeness (QED) is 0.449. The average molecular weight is 619 g/mol. The number of hydrogen-bond donors (Lipinski definition) is 1. The highest BCUT2D eigenvalue weighted by Crippen LogP contribution is 2.38. The number of nitrogens with one attached hydrogen (secondary N) is 1. The van der Waals surface area contributed by atoms with Crippen LogP contribution < -0.4 is 5.32 Å². The van der Waals surface area contributed by atoms with Gasteiger partial charge in [0.05, 0.1) is 30.4 Å². The Bertz CT molecular complexity index is 1460. The van der Waals surface area contributed by atoms with Crippen molar-refractivity contribution in [1.82, 2.24) is 25.0 Å². The normalized spacial score (nSPS) is 22.6. The van der Waals surface area contributed by atoms with Gasteiger partial charge in [0.25, 0.3) is 0 Å². The first kappa shape index (κ1) is 29.9. The fourth-order valence-corrected chi connectivity index (χ4v) is 6.62. The third-order valence-electron chi connectivity index (χ3n) is 7.61. The van der Waals surface area contributed by atoms with Crippen LogP contribution in [0.5, 0.6) is 0 Å². The minimum atomic E-state index is -1.01. The number of halogens is 2. The van der Waals surface area contributed by atoms with Crippen LogP contribution in [0.2, 0.25) is 5.02 Å². The van der Waals surface area contributed by atoms with Gasteiger partial charge in [0.15, 0.2) is 10.8 Å². The summed E-state index contributed by atoms with van der Waals surface area (Å²) in [5, 5.41) is 5.56. The Morgan fingerprint density at radius 1 is 1.26 bits per heavy atom. The van der Waals surface area contributed by atoms with Crippen molar-refractivity contribution in [3.8, 4) is 0 Å². The van der Waals surface area contributed by atoms with Gasteiger partial charge in [-0.15, -0.1) is 11.3 Å². The molecule has 2 saturated heterocycles. The van der Waals surface area contributed by atoms with Crippen LogP contribution in [0.1, 0.15) is 36.2 Å². The van der Waals surface area contributed by atoms with E-state index in [0.717, 1.165) is 5.69 Å². The Morgan fingerprint density at radius 2 is 2.05 bits per heavy atom. The first-order valence-corrected chi connectivity index (χ1v) is 14.9. The molecule has 1 aromatic heterocycles. The van der Waals surface area contributed by atoms with Crippen molar-refractivity contribution < 1.29 is 28.2 Å². The van der Waals surface area contributed by atoms with Crippen LogP contribution in [0.4, 0.5) is 9.18 Å². The minimum Gasteiger partial charge on any atom is -0.468 e. The van der Waals surface area contributed by atoms with Crippen molar-refractivity contribution >= 4 is 46.7 Å². The standard InChI is InChI=1S/C28H32ClFN6O5S/c1-5-34-13-19-23(27(38)40-4)35(10-11-36(19)28(34)39)12-18-20(26(37)41-6-2)22(16-8-7-9-17(30)21(16)29)33-24(32-18)25-31-15(3)14-42-25/h7-9,14,19,22-23H,5-6,10-13H2,1-4H3,(H,32,33)/t19-,22-,23+/m0/s1. The highest BCUT2D eigenvalue weighted by atomic mass is 35.5. The summed E-state index contributed by atoms with van der Waals surface area (Å²) >= 11 is 7.80. The van der Waals surface area contributed by atoms with Gasteiger partial charge in [0.2, 0.25) is 0 Å². The van der Waals surface area contributed by atoms with Gasteiger partial charge < -0.3 is 24.6 Å². The molecule has 3 atom stereocenters. The number of hydrogen-bond acceptors (Lipinski definition) is 10. The maximum absolute atomic E-state index is 14.7. The summed E-state index contributed by atoms with van der Waals surface area (Å²) in [5.74, 6) is -1.40. The van der Waals surface area contributed by atoms with Gasteiger partial charge >= 0.3 is 18.0 Å². The van der Waals surface area contributed by atoms with Gasteiger partial charge in [0.1, 0.15) is 17.9 Å². The molecular weight excluding hydrogens is 587 g/mol. The maximum atomic E-state index is 14.7. The number of likely N-dealkylation sites (N-methyl/N-ethyl adjacent to an activating group) is 1. The summed E-state index contributed by atoms with van der Waals surface area (Å²) in [6.45, 7) is 7.24. The molecule has 0 bridgehead atoms. The van der Waals surface area contributed by atoms with Crippen LogP contribution in [0.15, 0.2) is 39.8 Å². The number of urea groups is 1. The Labute approximate surface area is 251 Å². The number of nitrogens with zero attached hydrogens (tertiary/aromatic N) is 5. The number of aliphatic imine (C=N–C) groups is 1. The number of amidine groups is 1. The summed E-state index contributed by atoms with van der Waals surface area (Å²) < 4.78 is 25.3. The molecule has 0 aliphatic carbocycles. The van der Waals surface area contributed by atoms with Gasteiger partial charge in [-0.3, -0.25) is 14.7 Å². The number of esters is 2. The second-order valence-corrected chi connectivity index (χ2v) is 11.3. The van der Waals surface area contributed by atoms with E-state index in [0.29, 0.717) is 48.3 Å². The number of carbonyl (C=O) groups is 3. The van der Waals surface area contributed by atoms with E-state index in [1.54, 1.807) is 22.8 Å². The number of thiazole rings is 1. The lowest BCUT2D eigenvalue weighted by Crippen LogP contribution is -2.62. The molecule has 0 spiro atoms. The van der Waals surface area contributed by atoms with E-state index in [9.17, 15) is 18.8 Å². The number of fused-ring (bicyclic) bond motifs is 1. The largest absolute Gasteiger partial charge is 0.468 e. The summed E-state index contributed by atoms with van der Waals surface area (Å²) in [7, 11) is 1.31. The zero-order valence-electron chi connectivity index (χ0n) is 23.7. The molecule has 11 nitrogen and oxygen atoms in total. The van der Waals surface area contributed by atoms with Crippen LogP contribution in [-0.4, -0.2) is 102 Å². The number of ether oxygens (including phenoxy) is 2. The van der Waals surface area contributed by atoms with Crippen LogP contribution in [0.3, 0.4) is 0 Å². The lowest BCUT2D eigenvalue weighted by molar-refractivity contribution is -0.150. The molecule has 224 valence electrons. The summed E-state index contributed by atoms with van der Waals surface area (Å²) in [6.07, 6.45) is 0. The Balaban J connectivity index is 1.61. The topological polar surface area (TPSA) is 117 Å². The first-order chi connectivity index (χ1) is 20.2. The minimum absolute atomic E-state index is 0.0887. The van der Waals surface area contributed by atoms with Gasteiger partial charge in [-0.1, -0.05) is 23.7 Å². The molecule has 1 N–H and O–H groups in total. The average Bonchev–Trinajstić information content (AvgIpc) is 3.56. The second kappa shape index (κ2) is 12.4. The maximum Gasteiger partial charge on any atom is 0.338 e. The summed E-state index contributed by atoms with van der Waals surface area (Å²) in [4.78, 5) is 54.3. The highest BCUT2D eigenvalue weighted by Gasteiger charge is 2.50. The van der Waals surface area contributed by atoms with Crippen LogP contribution in [0, 0.1) is 12.7 Å². The monoisotopic (exact) mass is 618 g/mol. The molecule has 5 rings (SSSR count). The molecule has 3 aliphatic heterocycles. The van der Waals surface area contributed by atoms with Crippen LogP contribution in [-0.2, 0) is 19.1 Å². The summed E-state index contributed by atoms with van der Waals surface area (Å²) in [6, 6.07) is 2.01. The van der Waals surface area contributed by atoms with Gasteiger partial charge in [-0.2, -0.15) is 0 Å². The first-order valence-electron chi connectivity index (χ1n) is 13.7. The van der Waals surface area contributed by atoms with Crippen molar-refractivity contribution in [1.29, 1.82) is 0 Å². The zero-order valence-corrected chi connectivity index (χ0v) is 25.3. The van der Waals surface area contributed by atoms with E-state index < -0.39 is 35.9 Å². The van der Waals surface area contributed by atoms with Crippen molar-refractivity contribution in [2.75, 3.05) is 46.4 Å². The lowest BCUT2D eigenvalue weighted by Gasteiger charge is -2.43. The number of methoxy groups -OCH3 is 1. The van der Waals surface area contributed by atoms with Crippen molar-refractivity contribution in [3.63, 3.8) is 0 Å². The third-order valence-corrected chi connectivity index (χ3v) is 8.98. The zero-order chi connectivity index (χ0) is 30.1. The van der Waals surface area contributed by atoms with Gasteiger partial charge in [0, 0.05) is 55.1 Å². The summed E-state index contributed by atoms with van der Waals surface area (Å²) in [5.41, 5.74) is 1.63. The van der Waals surface area contributed by atoms with E-state index in [4.69, 9.17) is 26.1 Å². The molecule has 0 saturated carbocycles. The van der Waals surface area contributed by atoms with E-state index in [-0.39, 0.29) is 29.8 Å². The number of carbonyl (C=O) groups excluding carboxylic acids is 3. The fraction of sp³-hybridized carbons (Fsp3) is 0.464. The third kappa shape index (κ3) is 5.48. The molecule has 0 radical (unpaired) electrons. The predicted molar refractivity (Wildman–Crippen MR) is 155 cm³/mol. The number of amides is 2. The Kier molecular flexibility index (Phi) is 8.81. The molecule has 4 heterocycles. The number of aryl methyl sites for hydroxylation is 1. The Morgan fingerprint density at radius 3 is 2.71 bits per heavy atom. The van der Waals surface area contributed by atoms with E-state index in [1.165, 1.54) is 30.6 Å². The number of aromatic nitrogens is 1. The lowest BCUT2D eigenvalue weighted by atomic mass is 9.94. The molecule has 3 aliphatic rings. The van der Waals surface area contributed by atoms with Crippen molar-refractivity contribution in [3.05, 3.63) is 62.0 Å². The van der Waals surface area contributed by atoms with Crippen LogP contribution in [0.25, 0.3) is 0 Å².